The van der Waals surface area contributed by atoms with Crippen molar-refractivity contribution >= 4 is 11.0 Å². The van der Waals surface area contributed by atoms with Gasteiger partial charge in [-0.15, -0.1) is 0 Å². The fourth-order valence-electron chi connectivity index (χ4n) is 6.19. The second kappa shape index (κ2) is 8.99. The maximum Gasteiger partial charge on any atom is 0.124 e. The Hall–Kier alpha value is -2.18. The molecule has 1 aromatic carbocycles. The molecule has 0 spiro atoms. The lowest BCUT2D eigenvalue weighted by Gasteiger charge is -2.24. The molecule has 6 nitrogen and oxygen atoms in total. The van der Waals surface area contributed by atoms with E-state index in [2.05, 4.69) is 45.0 Å². The maximum absolute atomic E-state index is 4.86. The number of rotatable bonds is 4. The molecule has 170 valence electrons. The Morgan fingerprint density at radius 1 is 0.719 bits per heavy atom. The van der Waals surface area contributed by atoms with Crippen LogP contribution in [-0.4, -0.2) is 33.0 Å². The number of H-pyrrole nitrogens is 2. The summed E-state index contributed by atoms with van der Waals surface area (Å²) in [7, 11) is 0. The summed E-state index contributed by atoms with van der Waals surface area (Å²) in [5.41, 5.74) is 5.16. The zero-order valence-electron chi connectivity index (χ0n) is 19.0. The predicted octanol–water partition coefficient (Wildman–Crippen LogP) is 5.36. The highest BCUT2D eigenvalue weighted by Crippen LogP contribution is 2.37. The van der Waals surface area contributed by atoms with Gasteiger partial charge in [0.2, 0.25) is 0 Å². The average molecular weight is 433 g/mol. The van der Waals surface area contributed by atoms with Gasteiger partial charge in [-0.2, -0.15) is 0 Å². The molecule has 3 fully saturated rings. The highest BCUT2D eigenvalue weighted by atomic mass is 15.0. The number of imidazole rings is 2. The first-order valence-corrected chi connectivity index (χ1v) is 12.8. The van der Waals surface area contributed by atoms with E-state index in [4.69, 9.17) is 9.97 Å². The van der Waals surface area contributed by atoms with Gasteiger partial charge < -0.3 is 20.6 Å². The van der Waals surface area contributed by atoms with Crippen molar-refractivity contribution in [1.82, 2.24) is 30.6 Å². The van der Waals surface area contributed by atoms with Gasteiger partial charge in [-0.3, -0.25) is 0 Å². The largest absolute Gasteiger partial charge is 0.344 e. The minimum atomic E-state index is 0.400. The van der Waals surface area contributed by atoms with E-state index < -0.39 is 0 Å². The summed E-state index contributed by atoms with van der Waals surface area (Å²) in [5, 5.41) is 7.12. The molecule has 32 heavy (non-hydrogen) atoms. The number of nitrogens with one attached hydrogen (secondary N) is 4. The quantitative estimate of drug-likeness (QED) is 0.448. The van der Waals surface area contributed by atoms with Crippen molar-refractivity contribution in [2.45, 2.75) is 88.1 Å². The number of fused-ring (bicyclic) bond motifs is 1. The maximum atomic E-state index is 4.86. The molecule has 3 aliphatic rings. The molecule has 2 aromatic heterocycles. The number of nitrogens with zero attached hydrogens (tertiary/aromatic N) is 2. The van der Waals surface area contributed by atoms with E-state index in [9.17, 15) is 0 Å². The Balaban J connectivity index is 1.11. The summed E-state index contributed by atoms with van der Waals surface area (Å²) >= 11 is 0. The molecule has 2 saturated heterocycles. The van der Waals surface area contributed by atoms with Gasteiger partial charge in [0.15, 0.2) is 0 Å². The molecule has 2 atom stereocenters. The van der Waals surface area contributed by atoms with Gasteiger partial charge in [0.1, 0.15) is 11.6 Å². The Kier molecular flexibility index (Phi) is 5.74. The molecule has 1 aliphatic carbocycles. The van der Waals surface area contributed by atoms with Crippen molar-refractivity contribution < 1.29 is 0 Å². The van der Waals surface area contributed by atoms with Crippen molar-refractivity contribution in [3.8, 4) is 0 Å². The fraction of sp³-hybridized carbons (Fsp3) is 0.615. The first-order chi connectivity index (χ1) is 15.8. The van der Waals surface area contributed by atoms with Gasteiger partial charge in [0.05, 0.1) is 23.1 Å². The second-order valence-electron chi connectivity index (χ2n) is 10.2. The number of aromatic nitrogens is 4. The molecular formula is C26H36N6. The molecule has 6 rings (SSSR count). The molecule has 4 N–H and O–H groups in total. The van der Waals surface area contributed by atoms with Crippen LogP contribution in [0, 0.1) is 0 Å². The van der Waals surface area contributed by atoms with Crippen molar-refractivity contribution in [2.75, 3.05) is 13.1 Å². The summed E-state index contributed by atoms with van der Waals surface area (Å²) < 4.78 is 0. The minimum Gasteiger partial charge on any atom is -0.344 e. The van der Waals surface area contributed by atoms with E-state index in [-0.39, 0.29) is 0 Å². The minimum absolute atomic E-state index is 0.400. The van der Waals surface area contributed by atoms with Crippen LogP contribution in [-0.2, 0) is 0 Å². The molecule has 2 unspecified atom stereocenters. The van der Waals surface area contributed by atoms with Crippen LogP contribution in [0.5, 0.6) is 0 Å². The van der Waals surface area contributed by atoms with E-state index in [1.807, 2.05) is 0 Å². The molecule has 0 bridgehead atoms. The van der Waals surface area contributed by atoms with Gasteiger partial charge >= 0.3 is 0 Å². The van der Waals surface area contributed by atoms with E-state index >= 15 is 0 Å². The van der Waals surface area contributed by atoms with Crippen LogP contribution in [0.3, 0.4) is 0 Å². The van der Waals surface area contributed by atoms with Crippen LogP contribution in [0.15, 0.2) is 24.4 Å². The highest BCUT2D eigenvalue weighted by molar-refractivity contribution is 5.76. The lowest BCUT2D eigenvalue weighted by molar-refractivity contribution is 0.415. The molecular weight excluding hydrogens is 396 g/mol. The van der Waals surface area contributed by atoms with Crippen molar-refractivity contribution in [3.05, 3.63) is 47.3 Å². The predicted molar refractivity (Wildman–Crippen MR) is 128 cm³/mol. The van der Waals surface area contributed by atoms with Gasteiger partial charge in [-0.1, -0.05) is 18.9 Å². The van der Waals surface area contributed by atoms with E-state index in [0.717, 1.165) is 30.3 Å². The second-order valence-corrected chi connectivity index (χ2v) is 10.2. The Morgan fingerprint density at radius 3 is 2.16 bits per heavy atom. The zero-order chi connectivity index (χ0) is 21.3. The third kappa shape index (κ3) is 4.11. The molecule has 3 aromatic rings. The summed E-state index contributed by atoms with van der Waals surface area (Å²) in [6, 6.07) is 7.76. The van der Waals surface area contributed by atoms with E-state index in [1.165, 1.54) is 81.0 Å². The summed E-state index contributed by atoms with van der Waals surface area (Å²) in [6.45, 7) is 2.22. The summed E-state index contributed by atoms with van der Waals surface area (Å²) in [6.07, 6.45) is 14.7. The standard InChI is InChI=1S/C26H36N6/c1-5-17(19-11-12-20-23(15-19)31-26(30-20)22-10-4-14-28-22)6-2-8-18(7-1)24-16-29-25(32-24)21-9-3-13-27-21/h11-12,15-18,21-22,27-28H,1-10,13-14H2,(H,29,32)(H,30,31). The molecule has 2 aliphatic heterocycles. The average Bonchev–Trinajstić information content (AvgIpc) is 3.60. The number of hydrogen-bond donors (Lipinski definition) is 4. The Bertz CT molecular complexity index is 1030. The smallest absolute Gasteiger partial charge is 0.124 e. The van der Waals surface area contributed by atoms with Crippen LogP contribution in [0.4, 0.5) is 0 Å². The van der Waals surface area contributed by atoms with E-state index in [1.54, 1.807) is 0 Å². The normalized spacial score (nSPS) is 29.4. The Morgan fingerprint density at radius 2 is 1.44 bits per heavy atom. The fourth-order valence-corrected chi connectivity index (χ4v) is 6.19. The van der Waals surface area contributed by atoms with Gasteiger partial charge in [0.25, 0.3) is 0 Å². The van der Waals surface area contributed by atoms with Crippen molar-refractivity contribution in [3.63, 3.8) is 0 Å². The van der Waals surface area contributed by atoms with Gasteiger partial charge in [-0.05, 0) is 88.1 Å². The van der Waals surface area contributed by atoms with E-state index in [0.29, 0.717) is 23.9 Å². The summed E-state index contributed by atoms with van der Waals surface area (Å²) in [4.78, 5) is 16.9. The van der Waals surface area contributed by atoms with Crippen LogP contribution in [0.25, 0.3) is 11.0 Å². The molecule has 0 amide bonds. The zero-order valence-corrected chi connectivity index (χ0v) is 19.0. The lowest BCUT2D eigenvalue weighted by atomic mass is 9.81. The van der Waals surface area contributed by atoms with Gasteiger partial charge in [0, 0.05) is 17.8 Å². The van der Waals surface area contributed by atoms with Crippen LogP contribution < -0.4 is 10.6 Å². The monoisotopic (exact) mass is 432 g/mol. The Labute approximate surface area is 190 Å². The van der Waals surface area contributed by atoms with Crippen molar-refractivity contribution in [2.24, 2.45) is 0 Å². The first kappa shape index (κ1) is 20.4. The van der Waals surface area contributed by atoms with Crippen LogP contribution in [0.1, 0.15) is 111 Å². The number of hydrogen-bond acceptors (Lipinski definition) is 4. The number of aromatic amines is 2. The molecule has 1 saturated carbocycles. The molecule has 6 heteroatoms. The van der Waals surface area contributed by atoms with Crippen molar-refractivity contribution in [1.29, 1.82) is 0 Å². The number of benzene rings is 1. The summed E-state index contributed by atoms with van der Waals surface area (Å²) in [5.74, 6) is 3.56. The third-order valence-corrected chi connectivity index (χ3v) is 8.04. The topological polar surface area (TPSA) is 81.4 Å². The molecule has 4 heterocycles. The van der Waals surface area contributed by atoms with Crippen LogP contribution >= 0.6 is 0 Å². The lowest BCUT2D eigenvalue weighted by Crippen LogP contribution is -2.14. The van der Waals surface area contributed by atoms with Crippen LogP contribution in [0.2, 0.25) is 0 Å². The first-order valence-electron chi connectivity index (χ1n) is 12.8. The van der Waals surface area contributed by atoms with Gasteiger partial charge in [-0.25, -0.2) is 9.97 Å². The highest BCUT2D eigenvalue weighted by Gasteiger charge is 2.24. The third-order valence-electron chi connectivity index (χ3n) is 8.04. The SMILES string of the molecule is c1cc2nc(C3CCCN3)[nH]c2cc1C1CCCC(c2cnc(C3CCCN3)[nH]2)CCC1. The molecule has 0 radical (unpaired) electrons.